The Bertz CT molecular complexity index is 1470. The molecule has 6 nitrogen and oxygen atoms in total. The predicted molar refractivity (Wildman–Crippen MR) is 144 cm³/mol. The van der Waals surface area contributed by atoms with E-state index < -0.39 is 40.7 Å². The fourth-order valence-corrected chi connectivity index (χ4v) is 4.75. The first-order valence-electron chi connectivity index (χ1n) is 12.9. The number of rotatable bonds is 9. The van der Waals surface area contributed by atoms with Crippen molar-refractivity contribution < 1.29 is 36.7 Å². The molecule has 214 valence electrons. The number of Topliss-reactive ketones (excluding diaryl/α,β-unsaturated/α-hetero) is 1. The zero-order valence-corrected chi connectivity index (χ0v) is 22.6. The predicted octanol–water partition coefficient (Wildman–Crippen LogP) is 5.89. The minimum atomic E-state index is -5.38. The van der Waals surface area contributed by atoms with E-state index in [-0.39, 0.29) is 35.9 Å². The Labute approximate surface area is 234 Å². The average Bonchev–Trinajstić information content (AvgIpc) is 3.14. The van der Waals surface area contributed by atoms with Gasteiger partial charge in [0, 0.05) is 23.4 Å². The van der Waals surface area contributed by atoms with Crippen molar-refractivity contribution in [2.75, 3.05) is 6.54 Å². The zero-order chi connectivity index (χ0) is 29.9. The number of alkyl halides is 3. The van der Waals surface area contributed by atoms with E-state index in [1.807, 2.05) is 5.32 Å². The number of hydrogen-bond acceptors (Lipinski definition) is 4. The average molecular weight is 569 g/mol. The van der Waals surface area contributed by atoms with Crippen molar-refractivity contribution in [3.63, 3.8) is 0 Å². The minimum Gasteiger partial charge on any atom is -0.491 e. The molecule has 0 aliphatic carbocycles. The van der Waals surface area contributed by atoms with Gasteiger partial charge in [0.15, 0.2) is 5.78 Å². The van der Waals surface area contributed by atoms with Crippen LogP contribution < -0.4 is 10.1 Å². The van der Waals surface area contributed by atoms with E-state index in [1.165, 1.54) is 79.7 Å². The number of carbonyl (C=O) groups excluding carboxylic acids is 3. The van der Waals surface area contributed by atoms with E-state index in [9.17, 15) is 18.8 Å². The lowest BCUT2D eigenvalue weighted by molar-refractivity contribution is -0.189. The number of ketones is 1. The van der Waals surface area contributed by atoms with Crippen LogP contribution in [0, 0.1) is 5.82 Å². The lowest BCUT2D eigenvalue weighted by atomic mass is 9.84. The van der Waals surface area contributed by atoms with Crippen LogP contribution in [0.2, 0.25) is 0 Å². The maximum Gasteiger partial charge on any atom is 0.425 e. The summed E-state index contributed by atoms with van der Waals surface area (Å²) < 4.78 is 64.2. The molecule has 0 spiro atoms. The lowest BCUT2D eigenvalue weighted by Gasteiger charge is -2.33. The molecule has 2 amide bonds. The molecule has 0 bridgehead atoms. The van der Waals surface area contributed by atoms with Crippen molar-refractivity contribution in [1.29, 1.82) is 0 Å². The number of ether oxygens (including phenoxy) is 1. The summed E-state index contributed by atoms with van der Waals surface area (Å²) in [6, 6.07) is 18.0. The van der Waals surface area contributed by atoms with Crippen LogP contribution in [0.4, 0.5) is 17.6 Å². The van der Waals surface area contributed by atoms with E-state index in [0.717, 1.165) is 4.90 Å². The van der Waals surface area contributed by atoms with Gasteiger partial charge in [-0.2, -0.15) is 13.2 Å². The molecule has 3 aromatic rings. The van der Waals surface area contributed by atoms with Crippen LogP contribution in [0.5, 0.6) is 5.75 Å². The summed E-state index contributed by atoms with van der Waals surface area (Å²) in [5, 5.41) is 1.90. The van der Waals surface area contributed by atoms with Crippen molar-refractivity contribution in [2.45, 2.75) is 45.0 Å². The van der Waals surface area contributed by atoms with Crippen LogP contribution in [0.1, 0.15) is 47.1 Å². The highest BCUT2D eigenvalue weighted by molar-refractivity contribution is 6.19. The van der Waals surface area contributed by atoms with Crippen LogP contribution >= 0.6 is 0 Å². The van der Waals surface area contributed by atoms with Gasteiger partial charge in [0.25, 0.3) is 11.8 Å². The normalized spacial score (nSPS) is 17.3. The number of hydrogen-bond donors (Lipinski definition) is 1. The Morgan fingerprint density at radius 3 is 2.10 bits per heavy atom. The summed E-state index contributed by atoms with van der Waals surface area (Å²) >= 11 is 0. The van der Waals surface area contributed by atoms with Gasteiger partial charge in [-0.05, 0) is 69.2 Å². The smallest absolute Gasteiger partial charge is 0.425 e. The third-order valence-corrected chi connectivity index (χ3v) is 6.72. The molecule has 0 saturated heterocycles. The van der Waals surface area contributed by atoms with Gasteiger partial charge in [0.05, 0.1) is 11.7 Å². The van der Waals surface area contributed by atoms with Gasteiger partial charge in [-0.15, -0.1) is 0 Å². The van der Waals surface area contributed by atoms with E-state index in [4.69, 9.17) is 4.74 Å². The molecule has 1 N–H and O–H groups in total. The van der Waals surface area contributed by atoms with Crippen molar-refractivity contribution in [1.82, 2.24) is 10.2 Å². The van der Waals surface area contributed by atoms with Crippen LogP contribution in [-0.4, -0.2) is 46.9 Å². The highest BCUT2D eigenvalue weighted by Crippen LogP contribution is 2.46. The van der Waals surface area contributed by atoms with Gasteiger partial charge >= 0.3 is 6.18 Å². The second-order valence-electron chi connectivity index (χ2n) is 9.88. The van der Waals surface area contributed by atoms with E-state index in [2.05, 4.69) is 0 Å². The van der Waals surface area contributed by atoms with Crippen LogP contribution in [0.25, 0.3) is 0 Å². The Morgan fingerprint density at radius 1 is 0.927 bits per heavy atom. The summed E-state index contributed by atoms with van der Waals surface area (Å²) in [6.45, 7) is 4.59. The molecule has 0 radical (unpaired) electrons. The molecule has 1 aliphatic rings. The molecule has 1 aliphatic heterocycles. The number of benzene rings is 3. The quantitative estimate of drug-likeness (QED) is 0.258. The molecule has 0 fully saturated rings. The zero-order valence-electron chi connectivity index (χ0n) is 22.6. The van der Waals surface area contributed by atoms with E-state index in [1.54, 1.807) is 19.9 Å². The molecule has 1 heterocycles. The molecular formula is C31H28F4N2O4. The Morgan fingerprint density at radius 2 is 1.54 bits per heavy atom. The van der Waals surface area contributed by atoms with Gasteiger partial charge in [-0.1, -0.05) is 42.5 Å². The van der Waals surface area contributed by atoms with Crippen LogP contribution in [0.15, 0.2) is 90.1 Å². The van der Waals surface area contributed by atoms with Gasteiger partial charge < -0.3 is 15.0 Å². The molecule has 0 aromatic heterocycles. The maximum atomic E-state index is 15.1. The standard InChI is InChI=1S/C31H28F4N2O4/c1-19(2)41-25-15-11-23(12-16-25)28(39)36-30(31(33,34)35)26(27(38)22-7-5-4-6-8-22)20(3)37(29(30)40)18-17-21-9-13-24(32)14-10-21/h4-16,19H,17-18H2,1-3H3,(H,36,39)/t30-/m1/s1. The first-order valence-corrected chi connectivity index (χ1v) is 12.9. The van der Waals surface area contributed by atoms with E-state index in [0.29, 0.717) is 11.3 Å². The summed E-state index contributed by atoms with van der Waals surface area (Å²) in [7, 11) is 0. The number of halogens is 4. The van der Waals surface area contributed by atoms with E-state index >= 15 is 13.2 Å². The van der Waals surface area contributed by atoms with Crippen molar-refractivity contribution in [2.24, 2.45) is 0 Å². The van der Waals surface area contributed by atoms with Gasteiger partial charge in [-0.3, -0.25) is 14.4 Å². The van der Waals surface area contributed by atoms with Crippen molar-refractivity contribution in [3.05, 3.63) is 113 Å². The molecule has 10 heteroatoms. The van der Waals surface area contributed by atoms with Crippen LogP contribution in [0.3, 0.4) is 0 Å². The Kier molecular flexibility index (Phi) is 8.32. The highest BCUT2D eigenvalue weighted by Gasteiger charge is 2.70. The van der Waals surface area contributed by atoms with Gasteiger partial charge in [0.2, 0.25) is 5.54 Å². The van der Waals surface area contributed by atoms with Crippen molar-refractivity contribution >= 4 is 17.6 Å². The Balaban J connectivity index is 1.77. The third-order valence-electron chi connectivity index (χ3n) is 6.72. The molecule has 0 unspecified atom stereocenters. The molecule has 0 saturated carbocycles. The fraction of sp³-hybridized carbons (Fsp3) is 0.258. The number of nitrogens with one attached hydrogen (secondary N) is 1. The summed E-state index contributed by atoms with van der Waals surface area (Å²) in [4.78, 5) is 41.5. The summed E-state index contributed by atoms with van der Waals surface area (Å²) in [6.07, 6.45) is -5.47. The third kappa shape index (κ3) is 5.86. The molecule has 41 heavy (non-hydrogen) atoms. The SMILES string of the molecule is CC1=C(C(=O)c2ccccc2)[C@](NC(=O)c2ccc(OC(C)C)cc2)(C(F)(F)F)C(=O)N1CCc1ccc(F)cc1. The molecule has 4 rings (SSSR count). The van der Waals surface area contributed by atoms with Gasteiger partial charge in [0.1, 0.15) is 11.6 Å². The maximum absolute atomic E-state index is 15.1. The number of carbonyl (C=O) groups is 3. The molecule has 3 aromatic carbocycles. The second-order valence-corrected chi connectivity index (χ2v) is 9.88. The second kappa shape index (κ2) is 11.6. The first-order chi connectivity index (χ1) is 19.3. The van der Waals surface area contributed by atoms with Gasteiger partial charge in [-0.25, -0.2) is 4.39 Å². The first kappa shape index (κ1) is 29.5. The molecule has 1 atom stereocenters. The summed E-state index contributed by atoms with van der Waals surface area (Å²) in [5.74, 6) is -3.82. The number of nitrogens with zero attached hydrogens (tertiary/aromatic N) is 1. The molecular weight excluding hydrogens is 540 g/mol. The monoisotopic (exact) mass is 568 g/mol. The fourth-order valence-electron chi connectivity index (χ4n) is 4.75. The Hall–Kier alpha value is -4.47. The minimum absolute atomic E-state index is 0.0758. The summed E-state index contributed by atoms with van der Waals surface area (Å²) in [5.41, 5.74) is -4.42. The lowest BCUT2D eigenvalue weighted by Crippen LogP contribution is -2.66. The highest BCUT2D eigenvalue weighted by atomic mass is 19.4. The largest absolute Gasteiger partial charge is 0.491 e. The van der Waals surface area contributed by atoms with Crippen molar-refractivity contribution in [3.8, 4) is 5.75 Å². The topological polar surface area (TPSA) is 75.7 Å². The number of allylic oxidation sites excluding steroid dienone is 1. The number of amides is 2. The van der Waals surface area contributed by atoms with Crippen LogP contribution in [-0.2, 0) is 11.2 Å².